The maximum atomic E-state index is 6.00. The zero-order valence-electron chi connectivity index (χ0n) is 16.6. The Balaban J connectivity index is 2.10. The normalized spacial score (nSPS) is 13.8. The van der Waals surface area contributed by atoms with E-state index in [1.165, 1.54) is 7.11 Å². The Labute approximate surface area is 176 Å². The third-order valence-corrected chi connectivity index (χ3v) is 4.37. The number of oxime groups is 1. The topological polar surface area (TPSA) is 65.0 Å². The van der Waals surface area contributed by atoms with Crippen molar-refractivity contribution in [3.05, 3.63) is 36.0 Å². The van der Waals surface area contributed by atoms with Crippen LogP contribution < -0.4 is 10.1 Å². The highest BCUT2D eigenvalue weighted by atomic mass is 32.1. The Kier molecular flexibility index (Phi) is 7.97. The van der Waals surface area contributed by atoms with Crippen LogP contribution in [0.4, 0.5) is 0 Å². The molecule has 2 unspecified atom stereocenters. The predicted molar refractivity (Wildman–Crippen MR) is 119 cm³/mol. The second kappa shape index (κ2) is 10.4. The maximum Gasteiger partial charge on any atom is 0.146 e. The number of fused-ring (bicyclic) bond motifs is 1. The highest BCUT2D eigenvalue weighted by Gasteiger charge is 2.26. The number of terminal acetylenes is 2. The van der Waals surface area contributed by atoms with Crippen LogP contribution in [0.1, 0.15) is 19.4 Å². The Morgan fingerprint density at radius 3 is 2.90 bits per heavy atom. The minimum absolute atomic E-state index is 0.182. The number of nitrogens with one attached hydrogen (secondary N) is 1. The quantitative estimate of drug-likeness (QED) is 0.226. The van der Waals surface area contributed by atoms with Gasteiger partial charge in [-0.05, 0) is 38.1 Å². The molecule has 1 aromatic heterocycles. The Bertz CT molecular complexity index is 977. The van der Waals surface area contributed by atoms with E-state index >= 15 is 0 Å². The summed E-state index contributed by atoms with van der Waals surface area (Å²) in [6, 6.07) is 7.48. The lowest BCUT2D eigenvalue weighted by molar-refractivity contribution is 0.131. The van der Waals surface area contributed by atoms with Crippen LogP contribution in [0.15, 0.2) is 35.6 Å². The van der Waals surface area contributed by atoms with E-state index in [9.17, 15) is 0 Å². The fraction of sp³-hybridized carbons (Fsp3) is 0.318. The van der Waals surface area contributed by atoms with Crippen LogP contribution in [0, 0.1) is 24.7 Å². The lowest BCUT2D eigenvalue weighted by atomic mass is 10.1. The number of thiocarbonyl (C=S) groups is 1. The molecule has 1 aromatic carbocycles. The van der Waals surface area contributed by atoms with Crippen LogP contribution >= 0.6 is 12.2 Å². The van der Waals surface area contributed by atoms with Gasteiger partial charge in [0.15, 0.2) is 0 Å². The van der Waals surface area contributed by atoms with Gasteiger partial charge in [-0.25, -0.2) is 0 Å². The SMILES string of the molecule is C#CCOCC(C)(C=NOC)NC(=S)C(C)Oc1ccc2ncc(C#C)cc2c1. The van der Waals surface area contributed by atoms with Crippen molar-refractivity contribution < 1.29 is 14.3 Å². The minimum atomic E-state index is -0.712. The highest BCUT2D eigenvalue weighted by Crippen LogP contribution is 2.21. The number of rotatable bonds is 9. The predicted octanol–water partition coefficient (Wildman–Crippen LogP) is 2.94. The Morgan fingerprint density at radius 1 is 1.41 bits per heavy atom. The third-order valence-electron chi connectivity index (χ3n) is 3.94. The lowest BCUT2D eigenvalue weighted by Gasteiger charge is -2.29. The van der Waals surface area contributed by atoms with Crippen molar-refractivity contribution >= 4 is 34.3 Å². The molecule has 0 aliphatic carbocycles. The average molecular weight is 410 g/mol. The van der Waals surface area contributed by atoms with E-state index < -0.39 is 11.6 Å². The van der Waals surface area contributed by atoms with Gasteiger partial charge in [0.25, 0.3) is 0 Å². The molecule has 2 rings (SSSR count). The summed E-state index contributed by atoms with van der Waals surface area (Å²) in [5.74, 6) is 5.66. The van der Waals surface area contributed by atoms with Crippen LogP contribution in [0.2, 0.25) is 0 Å². The summed E-state index contributed by atoms with van der Waals surface area (Å²) in [6.07, 6.45) is 13.5. The summed E-state index contributed by atoms with van der Waals surface area (Å²) in [4.78, 5) is 9.59. The van der Waals surface area contributed by atoms with Crippen LogP contribution in [-0.4, -0.2) is 48.2 Å². The van der Waals surface area contributed by atoms with Gasteiger partial charge in [0, 0.05) is 17.1 Å². The van der Waals surface area contributed by atoms with Crippen LogP contribution in [-0.2, 0) is 9.57 Å². The van der Waals surface area contributed by atoms with Crippen molar-refractivity contribution in [1.82, 2.24) is 10.3 Å². The van der Waals surface area contributed by atoms with Crippen LogP contribution in [0.25, 0.3) is 10.9 Å². The fourth-order valence-corrected chi connectivity index (χ4v) is 2.78. The first kappa shape index (κ1) is 22.2. The van der Waals surface area contributed by atoms with Crippen molar-refractivity contribution in [2.24, 2.45) is 5.16 Å². The minimum Gasteiger partial charge on any atom is -0.484 e. The number of ether oxygens (including phenoxy) is 2. The number of aromatic nitrogens is 1. The van der Waals surface area contributed by atoms with E-state index in [4.69, 9.17) is 39.4 Å². The van der Waals surface area contributed by atoms with Crippen molar-refractivity contribution in [3.63, 3.8) is 0 Å². The molecular weight excluding hydrogens is 386 g/mol. The van der Waals surface area contributed by atoms with E-state index in [1.807, 2.05) is 38.1 Å². The average Bonchev–Trinajstić information content (AvgIpc) is 2.71. The second-order valence-electron chi connectivity index (χ2n) is 6.50. The zero-order chi connectivity index (χ0) is 21.3. The molecule has 0 aliphatic heterocycles. The molecule has 150 valence electrons. The lowest BCUT2D eigenvalue weighted by Crippen LogP contribution is -2.53. The first-order valence-electron chi connectivity index (χ1n) is 8.85. The molecule has 1 heterocycles. The highest BCUT2D eigenvalue weighted by molar-refractivity contribution is 7.80. The van der Waals surface area contributed by atoms with Crippen molar-refractivity contribution in [3.8, 4) is 30.4 Å². The van der Waals surface area contributed by atoms with Crippen LogP contribution in [0.3, 0.4) is 0 Å². The molecule has 29 heavy (non-hydrogen) atoms. The standard InChI is InChI=1S/C22H23N3O3S/c1-6-10-27-15-22(4,14-24-26-5)25-21(29)16(3)28-19-8-9-20-18(12-19)11-17(7-2)13-23-20/h1-2,8-9,11-14,16H,10,15H2,3-5H3,(H,25,29). The molecule has 0 saturated heterocycles. The Hall–Kier alpha value is -3.13. The van der Waals surface area contributed by atoms with Gasteiger partial charge in [-0.3, -0.25) is 4.98 Å². The van der Waals surface area contributed by atoms with E-state index in [-0.39, 0.29) is 13.2 Å². The number of benzene rings is 1. The molecule has 0 saturated carbocycles. The summed E-state index contributed by atoms with van der Waals surface area (Å²) in [7, 11) is 1.46. The summed E-state index contributed by atoms with van der Waals surface area (Å²) in [5.41, 5.74) is 0.829. The van der Waals surface area contributed by atoms with E-state index in [1.54, 1.807) is 12.4 Å². The zero-order valence-corrected chi connectivity index (χ0v) is 17.5. The van der Waals surface area contributed by atoms with Gasteiger partial charge >= 0.3 is 0 Å². The van der Waals surface area contributed by atoms with E-state index in [0.717, 1.165) is 10.9 Å². The molecule has 1 N–H and O–H groups in total. The summed E-state index contributed by atoms with van der Waals surface area (Å²) in [5, 5.41) is 7.93. The third kappa shape index (κ3) is 6.46. The molecular formula is C22H23N3O3S. The molecule has 7 heteroatoms. The van der Waals surface area contributed by atoms with Crippen LogP contribution in [0.5, 0.6) is 5.75 Å². The summed E-state index contributed by atoms with van der Waals surface area (Å²) >= 11 is 5.52. The largest absolute Gasteiger partial charge is 0.484 e. The summed E-state index contributed by atoms with van der Waals surface area (Å²) < 4.78 is 11.4. The molecule has 6 nitrogen and oxygen atoms in total. The smallest absolute Gasteiger partial charge is 0.146 e. The van der Waals surface area contributed by atoms with E-state index in [0.29, 0.717) is 16.3 Å². The maximum absolute atomic E-state index is 6.00. The molecule has 0 spiro atoms. The molecule has 0 fully saturated rings. The second-order valence-corrected chi connectivity index (χ2v) is 6.94. The molecule has 0 bridgehead atoms. The van der Waals surface area contributed by atoms with Crippen molar-refractivity contribution in [2.75, 3.05) is 20.3 Å². The van der Waals surface area contributed by atoms with Gasteiger partial charge in [0.1, 0.15) is 30.6 Å². The number of pyridine rings is 1. The first-order valence-corrected chi connectivity index (χ1v) is 9.25. The fourth-order valence-electron chi connectivity index (χ4n) is 2.50. The monoisotopic (exact) mass is 409 g/mol. The van der Waals surface area contributed by atoms with Crippen molar-refractivity contribution in [1.29, 1.82) is 0 Å². The van der Waals surface area contributed by atoms with Crippen molar-refractivity contribution in [2.45, 2.75) is 25.5 Å². The molecule has 2 atom stereocenters. The first-order chi connectivity index (χ1) is 13.9. The Morgan fingerprint density at radius 2 is 2.21 bits per heavy atom. The molecule has 0 radical (unpaired) electrons. The van der Waals surface area contributed by atoms with Gasteiger partial charge in [-0.2, -0.15) is 0 Å². The molecule has 2 aromatic rings. The van der Waals surface area contributed by atoms with Gasteiger partial charge in [-0.1, -0.05) is 29.2 Å². The van der Waals surface area contributed by atoms with Gasteiger partial charge in [0.05, 0.1) is 23.9 Å². The molecule has 0 amide bonds. The van der Waals surface area contributed by atoms with E-state index in [2.05, 4.69) is 27.3 Å². The number of hydrogen-bond donors (Lipinski definition) is 1. The number of hydrogen-bond acceptors (Lipinski definition) is 6. The summed E-state index contributed by atoms with van der Waals surface area (Å²) in [6.45, 7) is 4.16. The van der Waals surface area contributed by atoms with Gasteiger partial charge < -0.3 is 19.6 Å². The molecule has 0 aliphatic rings. The van der Waals surface area contributed by atoms with Gasteiger partial charge in [-0.15, -0.1) is 12.8 Å². The number of nitrogens with zero attached hydrogens (tertiary/aromatic N) is 2. The van der Waals surface area contributed by atoms with Gasteiger partial charge in [0.2, 0.25) is 0 Å².